The standard InChI is InChI=1S/C25H37NO6/c1-6-32-23(29)17-8-10-18(11-9-17)26-15-25(30)14-13-19(27)21(31-5)22(25)24(26,4)20(28)12-7-16(2)3/h7-11,19-22,27-28,30H,6,12-15H2,1-5H3/t19-,20-,21-,22-,24-,25+/m1/s1. The number of carbonyl (C=O) groups excluding carboxylic acids is 1. The first-order chi connectivity index (χ1) is 15.1. The molecule has 0 bridgehead atoms. The van der Waals surface area contributed by atoms with Crippen LogP contribution in [0.3, 0.4) is 0 Å². The highest BCUT2D eigenvalue weighted by molar-refractivity contribution is 5.89. The van der Waals surface area contributed by atoms with Crippen LogP contribution in [0.5, 0.6) is 0 Å². The molecule has 6 atom stereocenters. The lowest BCUT2D eigenvalue weighted by Gasteiger charge is -2.50. The molecule has 1 aromatic carbocycles. The molecule has 3 rings (SSSR count). The van der Waals surface area contributed by atoms with E-state index in [1.165, 1.54) is 0 Å². The van der Waals surface area contributed by atoms with Gasteiger partial charge in [-0.3, -0.25) is 0 Å². The van der Waals surface area contributed by atoms with E-state index in [-0.39, 0.29) is 5.97 Å². The Hall–Kier alpha value is -1.93. The molecule has 0 spiro atoms. The maximum absolute atomic E-state index is 12.1. The molecule has 3 N–H and O–H groups in total. The molecule has 7 nitrogen and oxygen atoms in total. The number of esters is 1. The monoisotopic (exact) mass is 447 g/mol. The minimum atomic E-state index is -1.12. The minimum absolute atomic E-state index is 0.297. The fourth-order valence-electron chi connectivity index (χ4n) is 5.54. The molecule has 0 aromatic heterocycles. The Morgan fingerprint density at radius 3 is 2.53 bits per heavy atom. The third kappa shape index (κ3) is 4.31. The van der Waals surface area contributed by atoms with Gasteiger partial charge in [-0.2, -0.15) is 0 Å². The highest BCUT2D eigenvalue weighted by Gasteiger charge is 2.66. The zero-order valence-corrected chi connectivity index (χ0v) is 19.7. The summed E-state index contributed by atoms with van der Waals surface area (Å²) in [5.41, 5.74) is 0.291. The summed E-state index contributed by atoms with van der Waals surface area (Å²) in [5.74, 6) is -0.893. The maximum atomic E-state index is 12.1. The van der Waals surface area contributed by atoms with E-state index in [1.807, 2.05) is 43.9 Å². The maximum Gasteiger partial charge on any atom is 0.338 e. The molecule has 0 radical (unpaired) electrons. The van der Waals surface area contributed by atoms with Gasteiger partial charge in [-0.05, 0) is 71.2 Å². The summed E-state index contributed by atoms with van der Waals surface area (Å²) in [7, 11) is 1.54. The molecule has 32 heavy (non-hydrogen) atoms. The number of allylic oxidation sites excluding steroid dienone is 1. The number of fused-ring (bicyclic) bond motifs is 1. The summed E-state index contributed by atoms with van der Waals surface area (Å²) in [6.07, 6.45) is 1.10. The Balaban J connectivity index is 2.05. The molecule has 178 valence electrons. The third-order valence-corrected chi connectivity index (χ3v) is 7.19. The van der Waals surface area contributed by atoms with Crippen LogP contribution >= 0.6 is 0 Å². The van der Waals surface area contributed by atoms with E-state index in [1.54, 1.807) is 26.2 Å². The first-order valence-electron chi connectivity index (χ1n) is 11.4. The SMILES string of the molecule is CCOC(=O)c1ccc(N2C[C@@]3(O)CC[C@@H](O)[C@@H](OC)[C@@H]3[C@@]2(C)[C@H](O)CC=C(C)C)cc1. The summed E-state index contributed by atoms with van der Waals surface area (Å²) < 4.78 is 10.8. The summed E-state index contributed by atoms with van der Waals surface area (Å²) in [6.45, 7) is 8.26. The van der Waals surface area contributed by atoms with Crippen molar-refractivity contribution in [3.05, 3.63) is 41.5 Å². The van der Waals surface area contributed by atoms with Crippen LogP contribution in [-0.2, 0) is 9.47 Å². The van der Waals surface area contributed by atoms with Crippen LogP contribution in [-0.4, -0.2) is 71.0 Å². The first-order valence-corrected chi connectivity index (χ1v) is 11.4. The highest BCUT2D eigenvalue weighted by Crippen LogP contribution is 2.53. The number of β-amino-alcohol motifs (C(OH)–C–C–N with tert-alkyl or cyclic N) is 1. The number of carbonyl (C=O) groups is 1. The number of hydrogen-bond acceptors (Lipinski definition) is 7. The molecule has 2 fully saturated rings. The van der Waals surface area contributed by atoms with Gasteiger partial charge in [-0.25, -0.2) is 4.79 Å². The molecule has 0 amide bonds. The van der Waals surface area contributed by atoms with Crippen LogP contribution in [0.2, 0.25) is 0 Å². The first kappa shape index (κ1) is 24.7. The predicted octanol–water partition coefficient (Wildman–Crippen LogP) is 2.68. The van der Waals surface area contributed by atoms with Gasteiger partial charge in [0.15, 0.2) is 0 Å². The number of aliphatic hydroxyl groups is 3. The lowest BCUT2D eigenvalue weighted by molar-refractivity contribution is -0.164. The van der Waals surface area contributed by atoms with E-state index in [4.69, 9.17) is 9.47 Å². The molecule has 1 heterocycles. The number of nitrogens with zero attached hydrogens (tertiary/aromatic N) is 1. The quantitative estimate of drug-likeness (QED) is 0.437. The molecule has 1 aliphatic carbocycles. The van der Waals surface area contributed by atoms with Gasteiger partial charge >= 0.3 is 5.97 Å². The second kappa shape index (κ2) is 9.51. The molecule has 1 aromatic rings. The van der Waals surface area contributed by atoms with Crippen LogP contribution < -0.4 is 4.90 Å². The number of benzene rings is 1. The number of ether oxygens (including phenoxy) is 2. The van der Waals surface area contributed by atoms with Gasteiger partial charge in [0.1, 0.15) is 0 Å². The Kier molecular flexibility index (Phi) is 7.34. The van der Waals surface area contributed by atoms with Crippen LogP contribution in [0.15, 0.2) is 35.9 Å². The van der Waals surface area contributed by atoms with Crippen molar-refractivity contribution in [3.8, 4) is 0 Å². The van der Waals surface area contributed by atoms with Crippen molar-refractivity contribution in [1.29, 1.82) is 0 Å². The number of methoxy groups -OCH3 is 1. The van der Waals surface area contributed by atoms with Gasteiger partial charge in [0, 0.05) is 25.3 Å². The molecular weight excluding hydrogens is 410 g/mol. The van der Waals surface area contributed by atoms with Gasteiger partial charge in [-0.1, -0.05) is 11.6 Å². The van der Waals surface area contributed by atoms with Crippen LogP contribution in [0.25, 0.3) is 0 Å². The van der Waals surface area contributed by atoms with E-state index in [9.17, 15) is 20.1 Å². The van der Waals surface area contributed by atoms with Gasteiger partial charge < -0.3 is 29.7 Å². The molecule has 2 aliphatic rings. The van der Waals surface area contributed by atoms with Crippen molar-refractivity contribution in [2.24, 2.45) is 5.92 Å². The van der Waals surface area contributed by atoms with E-state index in [0.717, 1.165) is 11.3 Å². The fourth-order valence-corrected chi connectivity index (χ4v) is 5.54. The Labute approximate surface area is 190 Å². The zero-order valence-electron chi connectivity index (χ0n) is 19.7. The van der Waals surface area contributed by atoms with Gasteiger partial charge in [0.05, 0.1) is 41.6 Å². The molecule has 0 unspecified atom stereocenters. The average molecular weight is 448 g/mol. The highest BCUT2D eigenvalue weighted by atomic mass is 16.5. The van der Waals surface area contributed by atoms with Crippen molar-refractivity contribution in [3.63, 3.8) is 0 Å². The number of rotatable bonds is 7. The fraction of sp³-hybridized carbons (Fsp3) is 0.640. The summed E-state index contributed by atoms with van der Waals surface area (Å²) in [5, 5.41) is 33.8. The average Bonchev–Trinajstić information content (AvgIpc) is 3.01. The summed E-state index contributed by atoms with van der Waals surface area (Å²) in [4.78, 5) is 14.1. The van der Waals surface area contributed by atoms with E-state index >= 15 is 0 Å². The second-order valence-electron chi connectivity index (χ2n) is 9.50. The normalized spacial score (nSPS) is 32.9. The second-order valence-corrected chi connectivity index (χ2v) is 9.50. The van der Waals surface area contributed by atoms with E-state index in [2.05, 4.69) is 0 Å². The number of aliphatic hydroxyl groups excluding tert-OH is 2. The summed E-state index contributed by atoms with van der Waals surface area (Å²) in [6, 6.07) is 7.03. The molecular formula is C25H37NO6. The van der Waals surface area contributed by atoms with Gasteiger partial charge in [0.2, 0.25) is 0 Å². The minimum Gasteiger partial charge on any atom is -0.462 e. The Bertz CT molecular complexity index is 835. The van der Waals surface area contributed by atoms with E-state index < -0.39 is 35.4 Å². The topological polar surface area (TPSA) is 99.5 Å². The molecule has 1 saturated carbocycles. The zero-order chi connectivity index (χ0) is 23.7. The Morgan fingerprint density at radius 1 is 1.31 bits per heavy atom. The van der Waals surface area contributed by atoms with Gasteiger partial charge in [-0.15, -0.1) is 0 Å². The molecule has 7 heteroatoms. The van der Waals surface area contributed by atoms with Crippen molar-refractivity contribution >= 4 is 11.7 Å². The molecule has 1 saturated heterocycles. The molecule has 1 aliphatic heterocycles. The largest absolute Gasteiger partial charge is 0.462 e. The number of hydrogen-bond donors (Lipinski definition) is 3. The van der Waals surface area contributed by atoms with Crippen LogP contribution in [0, 0.1) is 5.92 Å². The van der Waals surface area contributed by atoms with E-state index in [0.29, 0.717) is 38.0 Å². The Morgan fingerprint density at radius 2 is 1.97 bits per heavy atom. The van der Waals surface area contributed by atoms with Crippen molar-refractivity contribution in [2.45, 2.75) is 76.4 Å². The van der Waals surface area contributed by atoms with Gasteiger partial charge in [0.25, 0.3) is 0 Å². The van der Waals surface area contributed by atoms with Crippen molar-refractivity contribution in [1.82, 2.24) is 0 Å². The smallest absolute Gasteiger partial charge is 0.338 e. The van der Waals surface area contributed by atoms with Crippen LogP contribution in [0.1, 0.15) is 57.3 Å². The number of anilines is 1. The third-order valence-electron chi connectivity index (χ3n) is 7.19. The lowest BCUT2D eigenvalue weighted by atomic mass is 9.65. The van der Waals surface area contributed by atoms with Crippen LogP contribution in [0.4, 0.5) is 5.69 Å². The summed E-state index contributed by atoms with van der Waals surface area (Å²) >= 11 is 0. The van der Waals surface area contributed by atoms with Crippen molar-refractivity contribution in [2.75, 3.05) is 25.2 Å². The van der Waals surface area contributed by atoms with Crippen molar-refractivity contribution < 1.29 is 29.6 Å². The lowest BCUT2D eigenvalue weighted by Crippen LogP contribution is -2.63. The predicted molar refractivity (Wildman–Crippen MR) is 123 cm³/mol.